The number of carboxylic acids is 1. The molecule has 3 N–H and O–H groups in total. The third kappa shape index (κ3) is 7.41. The van der Waals surface area contributed by atoms with Crippen molar-refractivity contribution in [1.29, 1.82) is 0 Å². The van der Waals surface area contributed by atoms with Crippen molar-refractivity contribution in [3.8, 4) is 5.75 Å². The van der Waals surface area contributed by atoms with E-state index in [2.05, 4.69) is 10.6 Å². The Morgan fingerprint density at radius 3 is 2.53 bits per heavy atom. The summed E-state index contributed by atoms with van der Waals surface area (Å²) in [5.74, 6) is -2.46. The maximum Gasteiger partial charge on any atom is 0.407 e. The van der Waals surface area contributed by atoms with E-state index in [9.17, 15) is 28.7 Å². The fourth-order valence-electron chi connectivity index (χ4n) is 3.95. The van der Waals surface area contributed by atoms with Crippen LogP contribution in [0.5, 0.6) is 5.75 Å². The number of halogens is 1. The number of alkyl carbamates (subject to hydrolysis) is 1. The molecule has 10 heteroatoms. The molecule has 1 aliphatic rings. The van der Waals surface area contributed by atoms with Crippen molar-refractivity contribution in [3.63, 3.8) is 0 Å². The lowest BCUT2D eigenvalue weighted by molar-refractivity contribution is -0.120. The predicted molar refractivity (Wildman–Crippen MR) is 139 cm³/mol. The molecule has 0 saturated heterocycles. The maximum atomic E-state index is 14.0. The van der Waals surface area contributed by atoms with E-state index in [1.165, 1.54) is 36.4 Å². The van der Waals surface area contributed by atoms with Gasteiger partial charge in [-0.2, -0.15) is 0 Å². The van der Waals surface area contributed by atoms with Crippen LogP contribution in [0.15, 0.2) is 35.9 Å². The summed E-state index contributed by atoms with van der Waals surface area (Å²) in [6, 6.07) is 6.84. The molecule has 0 unspecified atom stereocenters. The minimum absolute atomic E-state index is 0.0347. The number of ketones is 2. The highest BCUT2D eigenvalue weighted by Gasteiger charge is 2.26. The number of benzene rings is 2. The van der Waals surface area contributed by atoms with Crippen LogP contribution in [-0.2, 0) is 27.2 Å². The molecule has 1 amide bonds. The van der Waals surface area contributed by atoms with Gasteiger partial charge in [-0.1, -0.05) is 6.07 Å². The largest absolute Gasteiger partial charge is 0.493 e. The number of ether oxygens (including phenoxy) is 2. The Bertz CT molecular complexity index is 1290. The van der Waals surface area contributed by atoms with Gasteiger partial charge in [0.2, 0.25) is 0 Å². The number of hydrogen-bond donors (Lipinski definition) is 3. The van der Waals surface area contributed by atoms with E-state index in [4.69, 9.17) is 9.47 Å². The summed E-state index contributed by atoms with van der Waals surface area (Å²) in [7, 11) is 1.63. The molecule has 0 spiro atoms. The SMILES string of the molecule is CNc1cc(F)cc2c1CC(=O)C(C(=O)Cc1ccc(C(=O)O)c(OCCCNC(=O)OC(C)(C)C)c1)=C2. The van der Waals surface area contributed by atoms with E-state index in [1.54, 1.807) is 27.8 Å². The normalized spacial score (nSPS) is 12.8. The average molecular weight is 527 g/mol. The zero-order valence-electron chi connectivity index (χ0n) is 21.8. The summed E-state index contributed by atoms with van der Waals surface area (Å²) in [6.07, 6.45) is 1.01. The van der Waals surface area contributed by atoms with Gasteiger partial charge in [-0.3, -0.25) is 9.59 Å². The Kier molecular flexibility index (Phi) is 8.88. The first-order valence-corrected chi connectivity index (χ1v) is 12.1. The van der Waals surface area contributed by atoms with Crippen molar-refractivity contribution in [1.82, 2.24) is 5.32 Å². The van der Waals surface area contributed by atoms with Crippen molar-refractivity contribution < 1.29 is 38.1 Å². The summed E-state index contributed by atoms with van der Waals surface area (Å²) < 4.78 is 24.8. The quantitative estimate of drug-likeness (QED) is 0.310. The van der Waals surface area contributed by atoms with Crippen molar-refractivity contribution in [2.75, 3.05) is 25.5 Å². The van der Waals surface area contributed by atoms with Crippen LogP contribution in [0.3, 0.4) is 0 Å². The lowest BCUT2D eigenvalue weighted by atomic mass is 9.86. The van der Waals surface area contributed by atoms with Crippen molar-refractivity contribution >= 4 is 35.4 Å². The first-order valence-electron chi connectivity index (χ1n) is 12.1. The molecule has 0 atom stereocenters. The fourth-order valence-corrected chi connectivity index (χ4v) is 3.95. The van der Waals surface area contributed by atoms with Crippen LogP contribution in [-0.4, -0.2) is 54.5 Å². The third-order valence-corrected chi connectivity index (χ3v) is 5.64. The number of Topliss-reactive ketones (excluding diaryl/α,β-unsaturated/α-hetero) is 2. The molecule has 3 rings (SSSR count). The summed E-state index contributed by atoms with van der Waals surface area (Å²) in [4.78, 5) is 49.1. The number of carboxylic acid groups (broad SMARTS) is 1. The van der Waals surface area contributed by atoms with E-state index in [-0.39, 0.29) is 48.7 Å². The smallest absolute Gasteiger partial charge is 0.407 e. The minimum atomic E-state index is -1.20. The molecule has 38 heavy (non-hydrogen) atoms. The lowest BCUT2D eigenvalue weighted by Gasteiger charge is -2.19. The summed E-state index contributed by atoms with van der Waals surface area (Å²) >= 11 is 0. The lowest BCUT2D eigenvalue weighted by Crippen LogP contribution is -2.33. The van der Waals surface area contributed by atoms with Crippen LogP contribution in [0.4, 0.5) is 14.9 Å². The molecule has 0 fully saturated rings. The standard InChI is InChI=1S/C28H31FN2O7/c1-28(2,3)38-27(36)31-8-5-9-37-25-11-16(6-7-19(25)26(34)35)10-23(32)21-13-17-12-18(29)14-22(30-4)20(17)15-24(21)33/h6-7,11-14,30H,5,8-10,15H2,1-4H3,(H,31,36)(H,34,35). The second-order valence-corrected chi connectivity index (χ2v) is 9.80. The van der Waals surface area contributed by atoms with Crippen LogP contribution < -0.4 is 15.4 Å². The highest BCUT2D eigenvalue weighted by atomic mass is 19.1. The van der Waals surface area contributed by atoms with Crippen LogP contribution in [0.25, 0.3) is 6.08 Å². The molecule has 202 valence electrons. The number of allylic oxidation sites excluding steroid dienone is 1. The Morgan fingerprint density at radius 2 is 1.87 bits per heavy atom. The molecule has 0 bridgehead atoms. The summed E-state index contributed by atoms with van der Waals surface area (Å²) in [6.45, 7) is 5.61. The molecular weight excluding hydrogens is 495 g/mol. The monoisotopic (exact) mass is 526 g/mol. The molecule has 1 aliphatic carbocycles. The summed E-state index contributed by atoms with van der Waals surface area (Å²) in [5.41, 5.74) is 1.28. The highest BCUT2D eigenvalue weighted by molar-refractivity contribution is 6.25. The first-order chi connectivity index (χ1) is 17.9. The van der Waals surface area contributed by atoms with E-state index in [0.29, 0.717) is 28.8 Å². The second-order valence-electron chi connectivity index (χ2n) is 9.80. The van der Waals surface area contributed by atoms with Gasteiger partial charge in [0.05, 0.1) is 12.2 Å². The van der Waals surface area contributed by atoms with Crippen LogP contribution >= 0.6 is 0 Å². The van der Waals surface area contributed by atoms with Gasteiger partial charge < -0.3 is 25.2 Å². The average Bonchev–Trinajstić information content (AvgIpc) is 2.82. The van der Waals surface area contributed by atoms with Gasteiger partial charge in [0.15, 0.2) is 11.6 Å². The molecule has 2 aromatic rings. The molecule has 0 aliphatic heterocycles. The first kappa shape index (κ1) is 28.4. The Balaban J connectivity index is 1.69. The van der Waals surface area contributed by atoms with Crippen molar-refractivity contribution in [3.05, 3.63) is 64.0 Å². The van der Waals surface area contributed by atoms with Crippen molar-refractivity contribution in [2.24, 2.45) is 0 Å². The fraction of sp³-hybridized carbons (Fsp3) is 0.357. The van der Waals surface area contributed by atoms with Gasteiger partial charge in [-0.15, -0.1) is 0 Å². The van der Waals surface area contributed by atoms with Gasteiger partial charge >= 0.3 is 12.1 Å². The number of aromatic carboxylic acids is 1. The van der Waals surface area contributed by atoms with Crippen molar-refractivity contribution in [2.45, 2.75) is 45.6 Å². The predicted octanol–water partition coefficient (Wildman–Crippen LogP) is 4.18. The number of carbonyl (C=O) groups is 4. The molecule has 0 radical (unpaired) electrons. The van der Waals surface area contributed by atoms with Crippen LogP contribution in [0.1, 0.15) is 54.2 Å². The number of carbonyl (C=O) groups excluding carboxylic acids is 3. The maximum absolute atomic E-state index is 14.0. The number of fused-ring (bicyclic) bond motifs is 1. The van der Waals surface area contributed by atoms with Gasteiger partial charge in [-0.25, -0.2) is 14.0 Å². The molecule has 9 nitrogen and oxygen atoms in total. The zero-order chi connectivity index (χ0) is 28.0. The Labute approximate surface area is 220 Å². The minimum Gasteiger partial charge on any atom is -0.493 e. The Hall–Kier alpha value is -4.21. The topological polar surface area (TPSA) is 131 Å². The summed E-state index contributed by atoms with van der Waals surface area (Å²) in [5, 5.41) is 15.0. The van der Waals surface area contributed by atoms with E-state index in [0.717, 1.165) is 0 Å². The number of nitrogens with one attached hydrogen (secondary N) is 2. The molecule has 0 heterocycles. The molecular formula is C28H31FN2O7. The number of hydrogen-bond acceptors (Lipinski definition) is 7. The van der Waals surface area contributed by atoms with E-state index < -0.39 is 29.3 Å². The molecule has 2 aromatic carbocycles. The van der Waals surface area contributed by atoms with Crippen LogP contribution in [0.2, 0.25) is 0 Å². The highest BCUT2D eigenvalue weighted by Crippen LogP contribution is 2.30. The number of anilines is 1. The molecule has 0 saturated carbocycles. The van der Waals surface area contributed by atoms with Gasteiger partial charge in [0, 0.05) is 32.1 Å². The third-order valence-electron chi connectivity index (χ3n) is 5.64. The Morgan fingerprint density at radius 1 is 1.13 bits per heavy atom. The number of amides is 1. The zero-order valence-corrected chi connectivity index (χ0v) is 21.8. The van der Waals surface area contributed by atoms with E-state index in [1.807, 2.05) is 0 Å². The second kappa shape index (κ2) is 11.9. The molecule has 0 aromatic heterocycles. The number of rotatable bonds is 10. The van der Waals surface area contributed by atoms with E-state index >= 15 is 0 Å². The van der Waals surface area contributed by atoms with Gasteiger partial charge in [0.1, 0.15) is 22.7 Å². The van der Waals surface area contributed by atoms with Gasteiger partial charge in [0.25, 0.3) is 0 Å². The van der Waals surface area contributed by atoms with Crippen LogP contribution in [0, 0.1) is 5.82 Å². The van der Waals surface area contributed by atoms with Gasteiger partial charge in [-0.05, 0) is 74.2 Å².